The molecule has 244 valence electrons. The van der Waals surface area contributed by atoms with Crippen LogP contribution in [0.25, 0.3) is 39.1 Å². The number of aromatic amines is 1. The third kappa shape index (κ3) is 6.33. The van der Waals surface area contributed by atoms with E-state index in [9.17, 15) is 9.59 Å². The summed E-state index contributed by atoms with van der Waals surface area (Å²) in [7, 11) is 0. The number of carbonyl (C=O) groups excluding carboxylic acids is 2. The third-order valence-corrected chi connectivity index (χ3v) is 10.5. The van der Waals surface area contributed by atoms with Crippen LogP contribution in [0.2, 0.25) is 0 Å². The summed E-state index contributed by atoms with van der Waals surface area (Å²) < 4.78 is 14.4. The zero-order chi connectivity index (χ0) is 33.3. The van der Waals surface area contributed by atoms with Gasteiger partial charge in [0, 0.05) is 78.2 Å². The van der Waals surface area contributed by atoms with E-state index < -0.39 is 4.75 Å². The van der Waals surface area contributed by atoms with Gasteiger partial charge in [0.25, 0.3) is 0 Å². The molecule has 1 saturated heterocycles. The molecule has 7 rings (SSSR count). The van der Waals surface area contributed by atoms with E-state index in [1.807, 2.05) is 55.7 Å². The lowest BCUT2D eigenvalue weighted by molar-refractivity contribution is -0.132. The normalized spacial score (nSPS) is 18.2. The standard InChI is InChI=1S/C36H35FN8O2S/c1-23-18-25(8-14-38-23)33-29-20-27(5-7-31(29)42-43-33)41-35(47)36(48-2)11-17-44(22-36)21-32(46)45-15-9-24(10-16-45)28-6-4-26(19-30(28)37)34-39-12-3-13-40-34/h3-9,12-14,18-20H,10-11,15-17,21-22H2,1-2H3,(H,41,47)(H,42,43)/t36-/m0/s1. The van der Waals surface area contributed by atoms with Crippen molar-refractivity contribution in [1.29, 1.82) is 0 Å². The van der Waals surface area contributed by atoms with Crippen LogP contribution in [0.4, 0.5) is 10.1 Å². The molecule has 5 heterocycles. The van der Waals surface area contributed by atoms with Gasteiger partial charge in [0.05, 0.1) is 12.1 Å². The van der Waals surface area contributed by atoms with Gasteiger partial charge in [0.1, 0.15) is 16.3 Å². The summed E-state index contributed by atoms with van der Waals surface area (Å²) in [5.41, 5.74) is 6.27. The highest BCUT2D eigenvalue weighted by atomic mass is 32.2. The minimum absolute atomic E-state index is 0.00365. The molecule has 0 aliphatic carbocycles. The molecule has 5 aromatic rings. The molecule has 10 nitrogen and oxygen atoms in total. The van der Waals surface area contributed by atoms with E-state index in [4.69, 9.17) is 0 Å². The van der Waals surface area contributed by atoms with Crippen LogP contribution in [0.3, 0.4) is 0 Å². The van der Waals surface area contributed by atoms with Crippen molar-refractivity contribution in [3.8, 4) is 22.6 Å². The molecule has 0 unspecified atom stereocenters. The number of nitrogens with zero attached hydrogens (tertiary/aromatic N) is 6. The molecule has 0 spiro atoms. The van der Waals surface area contributed by atoms with Crippen molar-refractivity contribution in [2.45, 2.75) is 24.5 Å². The van der Waals surface area contributed by atoms with E-state index in [1.54, 1.807) is 35.6 Å². The summed E-state index contributed by atoms with van der Waals surface area (Å²) in [5.74, 6) is 0.0720. The van der Waals surface area contributed by atoms with Gasteiger partial charge in [-0.2, -0.15) is 5.10 Å². The number of hydrogen-bond acceptors (Lipinski definition) is 8. The molecule has 2 aliphatic heterocycles. The predicted molar refractivity (Wildman–Crippen MR) is 187 cm³/mol. The molecule has 48 heavy (non-hydrogen) atoms. The Bertz CT molecular complexity index is 2030. The highest BCUT2D eigenvalue weighted by molar-refractivity contribution is 8.00. The second-order valence-corrected chi connectivity index (χ2v) is 13.4. The Morgan fingerprint density at radius 3 is 2.62 bits per heavy atom. The quantitative estimate of drug-likeness (QED) is 0.221. The van der Waals surface area contributed by atoms with Crippen molar-refractivity contribution in [1.82, 2.24) is 34.9 Å². The number of H-pyrrole nitrogens is 1. The van der Waals surface area contributed by atoms with Gasteiger partial charge in [0.2, 0.25) is 11.8 Å². The molecule has 0 radical (unpaired) electrons. The maximum absolute atomic E-state index is 15.1. The summed E-state index contributed by atoms with van der Waals surface area (Å²) in [6.07, 6.45) is 10.1. The Hall–Kier alpha value is -4.94. The fourth-order valence-corrected chi connectivity index (χ4v) is 7.33. The number of aryl methyl sites for hydroxylation is 1. The van der Waals surface area contributed by atoms with Crippen LogP contribution in [0.5, 0.6) is 0 Å². The molecule has 1 fully saturated rings. The van der Waals surface area contributed by atoms with E-state index in [0.717, 1.165) is 33.4 Å². The number of pyridine rings is 1. The second-order valence-electron chi connectivity index (χ2n) is 12.2. The number of thioether (sulfide) groups is 1. The Labute approximate surface area is 281 Å². The maximum Gasteiger partial charge on any atom is 0.241 e. The number of rotatable bonds is 8. The van der Waals surface area contributed by atoms with Crippen molar-refractivity contribution < 1.29 is 14.0 Å². The topological polar surface area (TPSA) is 120 Å². The van der Waals surface area contributed by atoms with Crippen LogP contribution < -0.4 is 5.32 Å². The molecule has 0 bridgehead atoms. The molecule has 2 amide bonds. The number of likely N-dealkylation sites (tertiary alicyclic amines) is 1. The summed E-state index contributed by atoms with van der Waals surface area (Å²) in [6.45, 7) is 4.21. The lowest BCUT2D eigenvalue weighted by atomic mass is 9.97. The number of benzene rings is 2. The van der Waals surface area contributed by atoms with E-state index in [2.05, 4.69) is 35.4 Å². The Morgan fingerprint density at radius 2 is 1.88 bits per heavy atom. The van der Waals surface area contributed by atoms with Gasteiger partial charge in [-0.25, -0.2) is 14.4 Å². The molecular weight excluding hydrogens is 628 g/mol. The van der Waals surface area contributed by atoms with Crippen molar-refractivity contribution in [3.63, 3.8) is 0 Å². The average molecular weight is 663 g/mol. The smallest absolute Gasteiger partial charge is 0.241 e. The zero-order valence-electron chi connectivity index (χ0n) is 26.7. The number of aromatic nitrogens is 5. The van der Waals surface area contributed by atoms with Gasteiger partial charge in [-0.15, -0.1) is 11.8 Å². The number of hydrogen-bond donors (Lipinski definition) is 2. The lowest BCUT2D eigenvalue weighted by Gasteiger charge is -2.29. The Kier molecular flexibility index (Phi) is 8.76. The minimum Gasteiger partial charge on any atom is -0.338 e. The summed E-state index contributed by atoms with van der Waals surface area (Å²) >= 11 is 1.52. The van der Waals surface area contributed by atoms with Crippen LogP contribution in [0, 0.1) is 12.7 Å². The summed E-state index contributed by atoms with van der Waals surface area (Å²) in [5, 5.41) is 11.6. The lowest BCUT2D eigenvalue weighted by Crippen LogP contribution is -2.45. The van der Waals surface area contributed by atoms with Gasteiger partial charge in [-0.05, 0) is 74.1 Å². The number of halogens is 1. The number of nitrogens with one attached hydrogen (secondary N) is 2. The maximum atomic E-state index is 15.1. The van der Waals surface area contributed by atoms with Gasteiger partial charge >= 0.3 is 0 Å². The first-order chi connectivity index (χ1) is 23.3. The molecular formula is C36H35FN8O2S. The van der Waals surface area contributed by atoms with Crippen molar-refractivity contribution in [2.24, 2.45) is 0 Å². The van der Waals surface area contributed by atoms with Crippen molar-refractivity contribution in [3.05, 3.63) is 96.3 Å². The average Bonchev–Trinajstić information content (AvgIpc) is 3.73. The van der Waals surface area contributed by atoms with Crippen LogP contribution in [-0.4, -0.2) is 90.5 Å². The van der Waals surface area contributed by atoms with Crippen molar-refractivity contribution in [2.75, 3.05) is 44.3 Å². The van der Waals surface area contributed by atoms with Crippen molar-refractivity contribution >= 4 is 45.7 Å². The van der Waals surface area contributed by atoms with Gasteiger partial charge in [0.15, 0.2) is 5.82 Å². The first-order valence-corrected chi connectivity index (χ1v) is 17.1. The number of anilines is 1. The summed E-state index contributed by atoms with van der Waals surface area (Å²) in [6, 6.07) is 16.4. The highest BCUT2D eigenvalue weighted by Crippen LogP contribution is 2.36. The zero-order valence-corrected chi connectivity index (χ0v) is 27.6. The van der Waals surface area contributed by atoms with E-state index >= 15 is 4.39 Å². The highest BCUT2D eigenvalue weighted by Gasteiger charge is 2.44. The monoisotopic (exact) mass is 662 g/mol. The molecule has 3 aromatic heterocycles. The van der Waals surface area contributed by atoms with Crippen LogP contribution in [0.1, 0.15) is 24.1 Å². The van der Waals surface area contributed by atoms with E-state index in [-0.39, 0.29) is 24.2 Å². The Balaban J connectivity index is 0.972. The first-order valence-electron chi connectivity index (χ1n) is 15.9. The van der Waals surface area contributed by atoms with Gasteiger partial charge < -0.3 is 10.2 Å². The molecule has 2 aromatic carbocycles. The molecule has 12 heteroatoms. The first kappa shape index (κ1) is 31.6. The molecule has 1 atom stereocenters. The predicted octanol–water partition coefficient (Wildman–Crippen LogP) is 5.59. The third-order valence-electron chi connectivity index (χ3n) is 9.17. The molecule has 2 aliphatic rings. The SMILES string of the molecule is CS[C@@]1(C(=O)Nc2ccc3[nH]nc(-c4ccnc(C)c4)c3c2)CCN(CC(=O)N2CC=C(c3ccc(-c4ncccn4)cc3F)CC2)C1. The van der Waals surface area contributed by atoms with Crippen LogP contribution >= 0.6 is 11.8 Å². The molecule has 0 saturated carbocycles. The second kappa shape index (κ2) is 13.3. The van der Waals surface area contributed by atoms with Crippen LogP contribution in [-0.2, 0) is 9.59 Å². The Morgan fingerprint density at radius 1 is 1.02 bits per heavy atom. The number of amides is 2. The fraction of sp³-hybridized carbons (Fsp3) is 0.278. The van der Waals surface area contributed by atoms with Gasteiger partial charge in [-0.1, -0.05) is 18.2 Å². The minimum atomic E-state index is -0.680. The number of fused-ring (bicyclic) bond motifs is 1. The van der Waals surface area contributed by atoms with Gasteiger partial charge in [-0.3, -0.25) is 24.6 Å². The largest absolute Gasteiger partial charge is 0.338 e. The number of carbonyl (C=O) groups is 2. The van der Waals surface area contributed by atoms with Crippen LogP contribution in [0.15, 0.2) is 79.3 Å². The summed E-state index contributed by atoms with van der Waals surface area (Å²) in [4.78, 5) is 43.6. The van der Waals surface area contributed by atoms with E-state index in [1.165, 1.54) is 17.8 Å². The fourth-order valence-electron chi connectivity index (χ4n) is 6.48. The molecule has 2 N–H and O–H groups in total. The van der Waals surface area contributed by atoms with E-state index in [0.29, 0.717) is 61.7 Å².